The van der Waals surface area contributed by atoms with Gasteiger partial charge in [0.2, 0.25) is 0 Å². The second-order valence-electron chi connectivity index (χ2n) is 3.31. The summed E-state index contributed by atoms with van der Waals surface area (Å²) in [5.41, 5.74) is 1.17. The highest BCUT2D eigenvalue weighted by Crippen LogP contribution is 2.26. The van der Waals surface area contributed by atoms with Gasteiger partial charge in [-0.25, -0.2) is 0 Å². The first-order chi connectivity index (χ1) is 6.88. The fourth-order valence-corrected chi connectivity index (χ4v) is 3.15. The molecular formula is C10H14N2S2. The lowest BCUT2D eigenvalue weighted by Gasteiger charge is -2.06. The number of thioether (sulfide) groups is 1. The lowest BCUT2D eigenvalue weighted by atomic mass is 10.2. The molecule has 1 aliphatic rings. The quantitative estimate of drug-likeness (QED) is 0.854. The summed E-state index contributed by atoms with van der Waals surface area (Å²) in [5, 5.41) is 9.30. The van der Waals surface area contributed by atoms with Crippen molar-refractivity contribution in [3.05, 3.63) is 16.8 Å². The van der Waals surface area contributed by atoms with Crippen molar-refractivity contribution >= 4 is 34.0 Å². The Morgan fingerprint density at radius 3 is 3.29 bits per heavy atom. The molecule has 0 saturated carbocycles. The third kappa shape index (κ3) is 2.51. The molecule has 2 heterocycles. The van der Waals surface area contributed by atoms with E-state index in [1.165, 1.54) is 18.5 Å². The molecule has 1 aromatic rings. The number of anilines is 1. The standard InChI is InChI=1S/C10H14N2S2/c1-2-3-9-6-11-10(14-9)12-8-4-5-13-7-8/h4-5,7,9H,2-3,6H2,1H3,(H,11,12). The van der Waals surface area contributed by atoms with Crippen LogP contribution in [0.2, 0.25) is 0 Å². The summed E-state index contributed by atoms with van der Waals surface area (Å²) < 4.78 is 0. The van der Waals surface area contributed by atoms with Gasteiger partial charge in [0, 0.05) is 10.6 Å². The van der Waals surface area contributed by atoms with E-state index in [0.717, 1.165) is 11.7 Å². The third-order valence-corrected chi connectivity index (χ3v) is 3.96. The molecule has 0 amide bonds. The Kier molecular flexibility index (Phi) is 3.48. The molecule has 0 fully saturated rings. The minimum absolute atomic E-state index is 0.695. The van der Waals surface area contributed by atoms with Crippen molar-refractivity contribution in [2.75, 3.05) is 11.9 Å². The van der Waals surface area contributed by atoms with Gasteiger partial charge in [-0.3, -0.25) is 4.99 Å². The minimum atomic E-state index is 0.695. The van der Waals surface area contributed by atoms with Gasteiger partial charge < -0.3 is 5.32 Å². The van der Waals surface area contributed by atoms with Crippen LogP contribution in [0.5, 0.6) is 0 Å². The van der Waals surface area contributed by atoms with Crippen molar-refractivity contribution in [1.82, 2.24) is 0 Å². The minimum Gasteiger partial charge on any atom is -0.334 e. The van der Waals surface area contributed by atoms with Gasteiger partial charge in [0.1, 0.15) is 0 Å². The molecule has 2 rings (SSSR count). The molecular weight excluding hydrogens is 212 g/mol. The zero-order valence-electron chi connectivity index (χ0n) is 8.19. The zero-order valence-corrected chi connectivity index (χ0v) is 9.83. The van der Waals surface area contributed by atoms with Crippen molar-refractivity contribution in [3.63, 3.8) is 0 Å². The van der Waals surface area contributed by atoms with Gasteiger partial charge in [0.05, 0.1) is 12.2 Å². The summed E-state index contributed by atoms with van der Waals surface area (Å²) in [6.07, 6.45) is 2.52. The maximum Gasteiger partial charge on any atom is 0.161 e. The molecule has 0 aromatic carbocycles. The first kappa shape index (κ1) is 10.1. The highest BCUT2D eigenvalue weighted by Gasteiger charge is 2.18. The summed E-state index contributed by atoms with van der Waals surface area (Å²) in [5.74, 6) is 0. The van der Waals surface area contributed by atoms with Crippen LogP contribution in [-0.4, -0.2) is 17.0 Å². The van der Waals surface area contributed by atoms with E-state index in [1.807, 2.05) is 11.8 Å². The van der Waals surface area contributed by atoms with E-state index in [9.17, 15) is 0 Å². The number of amidine groups is 1. The second-order valence-corrected chi connectivity index (χ2v) is 5.38. The first-order valence-electron chi connectivity index (χ1n) is 4.89. The van der Waals surface area contributed by atoms with Crippen molar-refractivity contribution in [2.24, 2.45) is 4.99 Å². The third-order valence-electron chi connectivity index (χ3n) is 2.10. The van der Waals surface area contributed by atoms with E-state index in [4.69, 9.17) is 0 Å². The van der Waals surface area contributed by atoms with Crippen LogP contribution in [0.25, 0.3) is 0 Å². The molecule has 0 spiro atoms. The van der Waals surface area contributed by atoms with Crippen molar-refractivity contribution in [3.8, 4) is 0 Å². The molecule has 0 radical (unpaired) electrons. The molecule has 1 N–H and O–H groups in total. The van der Waals surface area contributed by atoms with Gasteiger partial charge >= 0.3 is 0 Å². The highest BCUT2D eigenvalue weighted by molar-refractivity contribution is 8.15. The Morgan fingerprint density at radius 2 is 2.57 bits per heavy atom. The topological polar surface area (TPSA) is 24.4 Å². The molecule has 76 valence electrons. The monoisotopic (exact) mass is 226 g/mol. The largest absolute Gasteiger partial charge is 0.334 e. The van der Waals surface area contributed by atoms with E-state index in [1.54, 1.807) is 11.3 Å². The molecule has 0 aliphatic carbocycles. The van der Waals surface area contributed by atoms with E-state index in [0.29, 0.717) is 5.25 Å². The summed E-state index contributed by atoms with van der Waals surface area (Å²) in [7, 11) is 0. The normalized spacial score (nSPS) is 20.9. The molecule has 2 nitrogen and oxygen atoms in total. The molecule has 4 heteroatoms. The van der Waals surface area contributed by atoms with Crippen LogP contribution in [0.15, 0.2) is 21.8 Å². The van der Waals surface area contributed by atoms with Crippen LogP contribution in [0, 0.1) is 0 Å². The smallest absolute Gasteiger partial charge is 0.161 e. The Bertz CT molecular complexity index is 306. The lowest BCUT2D eigenvalue weighted by Crippen LogP contribution is -2.06. The number of hydrogen-bond acceptors (Lipinski definition) is 4. The number of rotatable bonds is 3. The van der Waals surface area contributed by atoms with Gasteiger partial charge in [0.25, 0.3) is 0 Å². The van der Waals surface area contributed by atoms with Gasteiger partial charge in [-0.15, -0.1) is 0 Å². The highest BCUT2D eigenvalue weighted by atomic mass is 32.2. The summed E-state index contributed by atoms with van der Waals surface area (Å²) in [6, 6.07) is 2.08. The van der Waals surface area contributed by atoms with Crippen LogP contribution < -0.4 is 5.32 Å². The molecule has 1 atom stereocenters. The number of nitrogens with one attached hydrogen (secondary N) is 1. The molecule has 0 bridgehead atoms. The van der Waals surface area contributed by atoms with Crippen LogP contribution in [0.3, 0.4) is 0 Å². The van der Waals surface area contributed by atoms with Crippen LogP contribution in [-0.2, 0) is 0 Å². The van der Waals surface area contributed by atoms with Crippen molar-refractivity contribution < 1.29 is 0 Å². The fourth-order valence-electron chi connectivity index (χ4n) is 1.42. The van der Waals surface area contributed by atoms with E-state index in [-0.39, 0.29) is 0 Å². The predicted octanol–water partition coefficient (Wildman–Crippen LogP) is 3.43. The first-order valence-corrected chi connectivity index (χ1v) is 6.71. The molecule has 1 unspecified atom stereocenters. The van der Waals surface area contributed by atoms with Gasteiger partial charge in [0.15, 0.2) is 5.17 Å². The Balaban J connectivity index is 1.84. The van der Waals surface area contributed by atoms with Gasteiger partial charge in [-0.1, -0.05) is 25.1 Å². The van der Waals surface area contributed by atoms with Crippen LogP contribution >= 0.6 is 23.1 Å². The lowest BCUT2D eigenvalue weighted by molar-refractivity contribution is 0.754. The second kappa shape index (κ2) is 4.84. The van der Waals surface area contributed by atoms with E-state index in [2.05, 4.69) is 34.1 Å². The molecule has 1 aliphatic heterocycles. The molecule has 1 aromatic heterocycles. The average molecular weight is 226 g/mol. The van der Waals surface area contributed by atoms with Crippen molar-refractivity contribution in [2.45, 2.75) is 25.0 Å². The zero-order chi connectivity index (χ0) is 9.80. The molecule has 14 heavy (non-hydrogen) atoms. The van der Waals surface area contributed by atoms with E-state index < -0.39 is 0 Å². The predicted molar refractivity (Wildman–Crippen MR) is 66.5 cm³/mol. The number of thiophene rings is 1. The average Bonchev–Trinajstić information content (AvgIpc) is 2.79. The van der Waals surface area contributed by atoms with Gasteiger partial charge in [-0.2, -0.15) is 11.3 Å². The summed E-state index contributed by atoms with van der Waals surface area (Å²) >= 11 is 3.58. The summed E-state index contributed by atoms with van der Waals surface area (Å²) in [4.78, 5) is 4.48. The number of nitrogens with zero attached hydrogens (tertiary/aromatic N) is 1. The maximum absolute atomic E-state index is 4.48. The Morgan fingerprint density at radius 1 is 1.64 bits per heavy atom. The fraction of sp³-hybridized carbons (Fsp3) is 0.500. The Labute approximate surface area is 92.8 Å². The Hall–Kier alpha value is -0.480. The molecule has 0 saturated heterocycles. The van der Waals surface area contributed by atoms with Gasteiger partial charge in [-0.05, 0) is 17.9 Å². The maximum atomic E-state index is 4.48. The van der Waals surface area contributed by atoms with E-state index >= 15 is 0 Å². The number of aliphatic imine (C=N–C) groups is 1. The van der Waals surface area contributed by atoms with Crippen LogP contribution in [0.4, 0.5) is 5.69 Å². The van der Waals surface area contributed by atoms with Crippen molar-refractivity contribution in [1.29, 1.82) is 0 Å². The van der Waals surface area contributed by atoms with Crippen LogP contribution in [0.1, 0.15) is 19.8 Å². The SMILES string of the molecule is CCCC1CN=C(Nc2ccsc2)S1. The number of hydrogen-bond donors (Lipinski definition) is 1. The summed E-state index contributed by atoms with van der Waals surface area (Å²) in [6.45, 7) is 3.20.